The number of hydrogen-bond acceptors (Lipinski definition) is 5. The van der Waals surface area contributed by atoms with Gasteiger partial charge in [-0.3, -0.25) is 4.79 Å². The number of nitrogens with one attached hydrogen (secondary N) is 1. The van der Waals surface area contributed by atoms with E-state index in [9.17, 15) is 13.2 Å². The minimum absolute atomic E-state index is 0.0815. The average Bonchev–Trinajstić information content (AvgIpc) is 2.68. The molecule has 1 heterocycles. The lowest BCUT2D eigenvalue weighted by Crippen LogP contribution is -2.31. The van der Waals surface area contributed by atoms with E-state index in [1.54, 1.807) is 0 Å². The Morgan fingerprint density at radius 2 is 2.21 bits per heavy atom. The minimum Gasteiger partial charge on any atom is -0.455 e. The van der Waals surface area contributed by atoms with Gasteiger partial charge in [0, 0.05) is 29.9 Å². The summed E-state index contributed by atoms with van der Waals surface area (Å²) in [5, 5.41) is 2.58. The fourth-order valence-electron chi connectivity index (χ4n) is 1.49. The Kier molecular flexibility index (Phi) is 5.39. The Bertz CT molecular complexity index is 551. The Labute approximate surface area is 116 Å². The molecule has 0 saturated carbocycles. The Morgan fingerprint density at radius 3 is 2.68 bits per heavy atom. The molecule has 1 aromatic heterocycles. The van der Waals surface area contributed by atoms with E-state index in [0.29, 0.717) is 13.2 Å². The lowest BCUT2D eigenvalue weighted by Gasteiger charge is -2.11. The van der Waals surface area contributed by atoms with Crippen LogP contribution in [0.25, 0.3) is 0 Å². The molecular weight excluding hydrogens is 294 g/mol. The summed E-state index contributed by atoms with van der Waals surface area (Å²) in [7, 11) is 1.30. The molecule has 0 aliphatic rings. The Morgan fingerprint density at radius 1 is 1.58 bits per heavy atom. The largest absolute Gasteiger partial charge is 0.455 e. The molecular formula is C11H16ClNO5S. The smallest absolute Gasteiger partial charge is 0.287 e. The summed E-state index contributed by atoms with van der Waals surface area (Å²) < 4.78 is 32.7. The van der Waals surface area contributed by atoms with Gasteiger partial charge in [0.2, 0.25) is 0 Å². The van der Waals surface area contributed by atoms with Crippen molar-refractivity contribution in [2.45, 2.75) is 31.8 Å². The third-order valence-corrected chi connectivity index (χ3v) is 3.79. The summed E-state index contributed by atoms with van der Waals surface area (Å²) in [6.45, 7) is 5.94. The lowest BCUT2D eigenvalue weighted by molar-refractivity contribution is 0.0684. The molecule has 0 aliphatic carbocycles. The van der Waals surface area contributed by atoms with E-state index < -0.39 is 15.0 Å². The fourth-order valence-corrected chi connectivity index (χ4v) is 2.58. The first kappa shape index (κ1) is 16.0. The molecule has 1 atom stereocenters. The van der Waals surface area contributed by atoms with Crippen molar-refractivity contribution in [1.29, 1.82) is 0 Å². The van der Waals surface area contributed by atoms with E-state index in [1.807, 2.05) is 13.8 Å². The molecule has 0 saturated heterocycles. The molecule has 6 nitrogen and oxygen atoms in total. The summed E-state index contributed by atoms with van der Waals surface area (Å²) in [6, 6.07) is 1.11. The van der Waals surface area contributed by atoms with Gasteiger partial charge >= 0.3 is 0 Å². The van der Waals surface area contributed by atoms with E-state index in [2.05, 4.69) is 5.32 Å². The maximum absolute atomic E-state index is 11.7. The van der Waals surface area contributed by atoms with Gasteiger partial charge in [0.25, 0.3) is 15.0 Å². The molecule has 0 bridgehead atoms. The summed E-state index contributed by atoms with van der Waals surface area (Å²) >= 11 is 0. The number of aryl methyl sites for hydroxylation is 1. The van der Waals surface area contributed by atoms with Crippen molar-refractivity contribution in [2.75, 3.05) is 13.2 Å². The summed E-state index contributed by atoms with van der Waals surface area (Å²) in [5.74, 6) is -0.528. The van der Waals surface area contributed by atoms with Crippen LogP contribution in [0.3, 0.4) is 0 Å². The number of carbonyl (C=O) groups excluding carboxylic acids is 1. The lowest BCUT2D eigenvalue weighted by atomic mass is 10.3. The van der Waals surface area contributed by atoms with Gasteiger partial charge in [-0.15, -0.1) is 0 Å². The zero-order valence-corrected chi connectivity index (χ0v) is 12.5. The van der Waals surface area contributed by atoms with Crippen molar-refractivity contribution < 1.29 is 22.4 Å². The quantitative estimate of drug-likeness (QED) is 0.808. The maximum atomic E-state index is 11.7. The van der Waals surface area contributed by atoms with Gasteiger partial charge in [0.05, 0.1) is 6.10 Å². The van der Waals surface area contributed by atoms with Crippen LogP contribution in [0.5, 0.6) is 0 Å². The van der Waals surface area contributed by atoms with Crippen LogP contribution in [0.1, 0.15) is 30.2 Å². The van der Waals surface area contributed by atoms with Gasteiger partial charge in [0.15, 0.2) is 5.76 Å². The highest BCUT2D eigenvalue weighted by Gasteiger charge is 2.22. The van der Waals surface area contributed by atoms with Crippen LogP contribution in [-0.4, -0.2) is 33.6 Å². The van der Waals surface area contributed by atoms with E-state index in [-0.39, 0.29) is 22.5 Å². The molecule has 0 radical (unpaired) electrons. The first-order valence-corrected chi connectivity index (χ1v) is 8.01. The van der Waals surface area contributed by atoms with Crippen molar-refractivity contribution >= 4 is 25.6 Å². The van der Waals surface area contributed by atoms with Crippen LogP contribution in [0, 0.1) is 6.92 Å². The summed E-state index contributed by atoms with van der Waals surface area (Å²) in [4.78, 5) is 11.6. The first-order chi connectivity index (χ1) is 8.75. The number of amides is 1. The zero-order valence-electron chi connectivity index (χ0n) is 10.9. The van der Waals surface area contributed by atoms with Crippen LogP contribution in [-0.2, 0) is 13.8 Å². The topological polar surface area (TPSA) is 85.6 Å². The van der Waals surface area contributed by atoms with E-state index in [4.69, 9.17) is 19.8 Å². The Balaban J connectivity index is 2.74. The molecule has 1 N–H and O–H groups in total. The van der Waals surface area contributed by atoms with Crippen LogP contribution >= 0.6 is 10.7 Å². The second-order valence-corrected chi connectivity index (χ2v) is 6.48. The third-order valence-electron chi connectivity index (χ3n) is 2.36. The zero-order chi connectivity index (χ0) is 14.6. The molecule has 0 aromatic carbocycles. The highest BCUT2D eigenvalue weighted by molar-refractivity contribution is 8.13. The number of ether oxygens (including phenoxy) is 1. The highest BCUT2D eigenvalue weighted by Crippen LogP contribution is 2.23. The standard InChI is InChI=1S/C11H16ClNO5S/c1-4-17-7(2)6-13-11(14)9-5-10(8(3)18-9)19(12,15)16/h5,7H,4,6H2,1-3H3,(H,13,14). The average molecular weight is 310 g/mol. The molecule has 0 fully saturated rings. The molecule has 108 valence electrons. The van der Waals surface area contributed by atoms with Crippen LogP contribution in [0.4, 0.5) is 0 Å². The first-order valence-electron chi connectivity index (χ1n) is 5.70. The van der Waals surface area contributed by atoms with Crippen molar-refractivity contribution in [3.05, 3.63) is 17.6 Å². The van der Waals surface area contributed by atoms with Gasteiger partial charge in [-0.25, -0.2) is 8.42 Å². The summed E-state index contributed by atoms with van der Waals surface area (Å²) in [5.41, 5.74) is 0. The van der Waals surface area contributed by atoms with Gasteiger partial charge in [-0.05, 0) is 20.8 Å². The van der Waals surface area contributed by atoms with Gasteiger partial charge in [-0.1, -0.05) is 0 Å². The van der Waals surface area contributed by atoms with Gasteiger partial charge in [-0.2, -0.15) is 0 Å². The minimum atomic E-state index is -3.91. The van der Waals surface area contributed by atoms with Crippen LogP contribution < -0.4 is 5.32 Å². The van der Waals surface area contributed by atoms with E-state index in [1.165, 1.54) is 6.92 Å². The summed E-state index contributed by atoms with van der Waals surface area (Å²) in [6.07, 6.45) is -0.138. The normalized spacial score (nSPS) is 13.3. The SMILES string of the molecule is CCOC(C)CNC(=O)c1cc(S(=O)(=O)Cl)c(C)o1. The molecule has 1 aromatic rings. The number of carbonyl (C=O) groups is 1. The van der Waals surface area contributed by atoms with Crippen molar-refractivity contribution in [1.82, 2.24) is 5.32 Å². The monoisotopic (exact) mass is 309 g/mol. The molecule has 8 heteroatoms. The van der Waals surface area contributed by atoms with Crippen molar-refractivity contribution in [2.24, 2.45) is 0 Å². The van der Waals surface area contributed by atoms with Crippen LogP contribution in [0.2, 0.25) is 0 Å². The third kappa shape index (κ3) is 4.52. The molecule has 1 amide bonds. The fraction of sp³-hybridized carbons (Fsp3) is 0.545. The predicted molar refractivity (Wildman–Crippen MR) is 69.9 cm³/mol. The highest BCUT2D eigenvalue weighted by atomic mass is 35.7. The molecule has 0 aliphatic heterocycles. The van der Waals surface area contributed by atoms with Crippen molar-refractivity contribution in [3.63, 3.8) is 0 Å². The molecule has 0 spiro atoms. The second-order valence-electron chi connectivity index (χ2n) is 3.94. The number of halogens is 1. The van der Waals surface area contributed by atoms with E-state index in [0.717, 1.165) is 6.07 Å². The van der Waals surface area contributed by atoms with E-state index >= 15 is 0 Å². The van der Waals surface area contributed by atoms with Crippen molar-refractivity contribution in [3.8, 4) is 0 Å². The number of rotatable bonds is 6. The number of furan rings is 1. The predicted octanol–water partition coefficient (Wildman–Crippen LogP) is 1.67. The molecule has 1 unspecified atom stereocenters. The second kappa shape index (κ2) is 6.40. The van der Waals surface area contributed by atoms with Crippen LogP contribution in [0.15, 0.2) is 15.4 Å². The maximum Gasteiger partial charge on any atom is 0.287 e. The number of hydrogen-bond donors (Lipinski definition) is 1. The Hall–Kier alpha value is -1.05. The van der Waals surface area contributed by atoms with Gasteiger partial charge in [0.1, 0.15) is 10.7 Å². The molecule has 19 heavy (non-hydrogen) atoms. The molecule has 1 rings (SSSR count). The van der Waals surface area contributed by atoms with Gasteiger partial charge < -0.3 is 14.5 Å².